The van der Waals surface area contributed by atoms with E-state index in [0.29, 0.717) is 10.8 Å². The van der Waals surface area contributed by atoms with Crippen LogP contribution in [0.15, 0.2) is 0 Å². The second kappa shape index (κ2) is 5.92. The molecule has 0 fully saturated rings. The van der Waals surface area contributed by atoms with Crippen molar-refractivity contribution in [2.45, 2.75) is 80.6 Å². The second-order valence-electron chi connectivity index (χ2n) is 6.79. The van der Waals surface area contributed by atoms with Crippen molar-refractivity contribution in [3.8, 4) is 0 Å². The number of hydrogen-bond acceptors (Lipinski definition) is 0. The van der Waals surface area contributed by atoms with Crippen LogP contribution in [0.2, 0.25) is 0 Å². The summed E-state index contributed by atoms with van der Waals surface area (Å²) in [5.74, 6) is 0.848. The first-order valence-electron chi connectivity index (χ1n) is 6.74. The first-order chi connectivity index (χ1) is 6.74. The summed E-state index contributed by atoms with van der Waals surface area (Å²) in [5.41, 5.74) is 1.07. The van der Waals surface area contributed by atoms with E-state index in [1.807, 2.05) is 0 Å². The zero-order valence-electron chi connectivity index (χ0n) is 12.1. The van der Waals surface area contributed by atoms with Crippen molar-refractivity contribution in [2.24, 2.45) is 16.7 Å². The van der Waals surface area contributed by atoms with Crippen LogP contribution in [0.25, 0.3) is 0 Å². The Labute approximate surface area is 97.8 Å². The molecular formula is C15H32. The van der Waals surface area contributed by atoms with Gasteiger partial charge in [-0.3, -0.25) is 0 Å². The van der Waals surface area contributed by atoms with Gasteiger partial charge in [-0.25, -0.2) is 0 Å². The maximum Gasteiger partial charge on any atom is -0.0323 e. The molecule has 0 saturated carbocycles. The van der Waals surface area contributed by atoms with Crippen molar-refractivity contribution >= 4 is 0 Å². The summed E-state index contributed by atoms with van der Waals surface area (Å²) in [5, 5.41) is 0. The lowest BCUT2D eigenvalue weighted by Gasteiger charge is -2.37. The molecule has 0 spiro atoms. The summed E-state index contributed by atoms with van der Waals surface area (Å²) in [6.07, 6.45) is 6.77. The van der Waals surface area contributed by atoms with E-state index in [-0.39, 0.29) is 0 Å². The SMILES string of the molecule is CCC(C)(C)CC(C)(CC)CCC(C)C. The fourth-order valence-corrected chi connectivity index (χ4v) is 2.31. The summed E-state index contributed by atoms with van der Waals surface area (Å²) in [7, 11) is 0. The predicted octanol–water partition coefficient (Wildman–Crippen LogP) is 5.67. The molecule has 0 aromatic rings. The monoisotopic (exact) mass is 212 g/mol. The molecule has 0 heteroatoms. The largest absolute Gasteiger partial charge is 0.0649 e. The van der Waals surface area contributed by atoms with Crippen LogP contribution in [0.5, 0.6) is 0 Å². The zero-order chi connectivity index (χ0) is 12.1. The van der Waals surface area contributed by atoms with Crippen LogP contribution >= 0.6 is 0 Å². The average Bonchev–Trinajstić information content (AvgIpc) is 2.14. The molecule has 92 valence electrons. The van der Waals surface area contributed by atoms with Gasteiger partial charge in [-0.2, -0.15) is 0 Å². The van der Waals surface area contributed by atoms with Gasteiger partial charge in [0.1, 0.15) is 0 Å². The van der Waals surface area contributed by atoms with Gasteiger partial charge in [0.15, 0.2) is 0 Å². The fourth-order valence-electron chi connectivity index (χ4n) is 2.31. The van der Waals surface area contributed by atoms with Crippen molar-refractivity contribution in [1.82, 2.24) is 0 Å². The Balaban J connectivity index is 4.30. The van der Waals surface area contributed by atoms with E-state index in [0.717, 1.165) is 5.92 Å². The molecule has 0 aliphatic heterocycles. The molecule has 0 nitrogen and oxygen atoms in total. The molecule has 0 saturated heterocycles. The molecule has 0 aliphatic carbocycles. The second-order valence-corrected chi connectivity index (χ2v) is 6.79. The normalized spacial score (nSPS) is 16.8. The van der Waals surface area contributed by atoms with Crippen molar-refractivity contribution in [1.29, 1.82) is 0 Å². The third-order valence-corrected chi connectivity index (χ3v) is 4.04. The topological polar surface area (TPSA) is 0 Å². The maximum absolute atomic E-state index is 2.48. The predicted molar refractivity (Wildman–Crippen MR) is 71.2 cm³/mol. The van der Waals surface area contributed by atoms with Gasteiger partial charge in [-0.05, 0) is 29.6 Å². The molecule has 15 heavy (non-hydrogen) atoms. The summed E-state index contributed by atoms with van der Waals surface area (Å²) >= 11 is 0. The van der Waals surface area contributed by atoms with E-state index in [2.05, 4.69) is 48.5 Å². The standard InChI is InChI=1S/C15H32/c1-8-14(5,6)12-15(7,9-2)11-10-13(3)4/h13H,8-12H2,1-7H3. The van der Waals surface area contributed by atoms with Gasteiger partial charge < -0.3 is 0 Å². The molecule has 0 bridgehead atoms. The molecule has 0 aromatic heterocycles. The molecule has 0 rings (SSSR count). The molecule has 0 amide bonds. The summed E-state index contributed by atoms with van der Waals surface area (Å²) in [6.45, 7) is 16.6. The van der Waals surface area contributed by atoms with Crippen LogP contribution in [0.3, 0.4) is 0 Å². The van der Waals surface area contributed by atoms with E-state index >= 15 is 0 Å². The Kier molecular flexibility index (Phi) is 5.92. The summed E-state index contributed by atoms with van der Waals surface area (Å²) in [4.78, 5) is 0. The molecule has 0 radical (unpaired) electrons. The highest BCUT2D eigenvalue weighted by Gasteiger charge is 2.29. The van der Waals surface area contributed by atoms with Gasteiger partial charge in [-0.15, -0.1) is 0 Å². The molecule has 0 N–H and O–H groups in total. The van der Waals surface area contributed by atoms with Gasteiger partial charge >= 0.3 is 0 Å². The van der Waals surface area contributed by atoms with Gasteiger partial charge in [0.05, 0.1) is 0 Å². The Bertz CT molecular complexity index is 167. The van der Waals surface area contributed by atoms with Crippen LogP contribution in [-0.2, 0) is 0 Å². The van der Waals surface area contributed by atoms with E-state index in [1.54, 1.807) is 0 Å². The lowest BCUT2D eigenvalue weighted by atomic mass is 9.68. The summed E-state index contributed by atoms with van der Waals surface area (Å²) < 4.78 is 0. The third kappa shape index (κ3) is 6.22. The van der Waals surface area contributed by atoms with Crippen molar-refractivity contribution in [2.75, 3.05) is 0 Å². The van der Waals surface area contributed by atoms with Crippen LogP contribution < -0.4 is 0 Å². The van der Waals surface area contributed by atoms with Crippen LogP contribution in [0.1, 0.15) is 80.6 Å². The first kappa shape index (κ1) is 15.0. The smallest absolute Gasteiger partial charge is 0.0323 e. The molecule has 0 aromatic carbocycles. The average molecular weight is 212 g/mol. The van der Waals surface area contributed by atoms with Gasteiger partial charge in [-0.1, -0.05) is 67.7 Å². The first-order valence-corrected chi connectivity index (χ1v) is 6.74. The fraction of sp³-hybridized carbons (Fsp3) is 1.00. The Morgan fingerprint density at radius 1 is 0.933 bits per heavy atom. The number of rotatable bonds is 7. The van der Waals surface area contributed by atoms with Gasteiger partial charge in [0.25, 0.3) is 0 Å². The lowest BCUT2D eigenvalue weighted by Crippen LogP contribution is -2.25. The van der Waals surface area contributed by atoms with E-state index in [4.69, 9.17) is 0 Å². The van der Waals surface area contributed by atoms with E-state index < -0.39 is 0 Å². The quantitative estimate of drug-likeness (QED) is 0.510. The summed E-state index contributed by atoms with van der Waals surface area (Å²) in [6, 6.07) is 0. The van der Waals surface area contributed by atoms with Crippen LogP contribution in [-0.4, -0.2) is 0 Å². The van der Waals surface area contributed by atoms with Crippen LogP contribution in [0.4, 0.5) is 0 Å². The Morgan fingerprint density at radius 3 is 1.80 bits per heavy atom. The molecule has 0 heterocycles. The van der Waals surface area contributed by atoms with Crippen molar-refractivity contribution < 1.29 is 0 Å². The van der Waals surface area contributed by atoms with Gasteiger partial charge in [0.2, 0.25) is 0 Å². The van der Waals surface area contributed by atoms with E-state index in [1.165, 1.54) is 32.1 Å². The van der Waals surface area contributed by atoms with Crippen LogP contribution in [0, 0.1) is 16.7 Å². The maximum atomic E-state index is 2.48. The molecule has 0 aliphatic rings. The van der Waals surface area contributed by atoms with Crippen molar-refractivity contribution in [3.05, 3.63) is 0 Å². The number of hydrogen-bond donors (Lipinski definition) is 0. The highest BCUT2D eigenvalue weighted by Crippen LogP contribution is 2.42. The lowest BCUT2D eigenvalue weighted by molar-refractivity contribution is 0.145. The highest BCUT2D eigenvalue weighted by molar-refractivity contribution is 4.81. The minimum absolute atomic E-state index is 0.516. The minimum Gasteiger partial charge on any atom is -0.0649 e. The van der Waals surface area contributed by atoms with Gasteiger partial charge in [0, 0.05) is 0 Å². The zero-order valence-corrected chi connectivity index (χ0v) is 12.1. The van der Waals surface area contributed by atoms with E-state index in [9.17, 15) is 0 Å². The Hall–Kier alpha value is 0. The molecular weight excluding hydrogens is 180 g/mol. The van der Waals surface area contributed by atoms with Crippen molar-refractivity contribution in [3.63, 3.8) is 0 Å². The Morgan fingerprint density at radius 2 is 1.47 bits per heavy atom. The minimum atomic E-state index is 0.516. The molecule has 1 unspecified atom stereocenters. The highest BCUT2D eigenvalue weighted by atomic mass is 14.3. The third-order valence-electron chi connectivity index (χ3n) is 4.04. The molecule has 1 atom stereocenters.